The van der Waals surface area contributed by atoms with Gasteiger partial charge in [-0.25, -0.2) is 4.98 Å². The summed E-state index contributed by atoms with van der Waals surface area (Å²) in [6.07, 6.45) is 0.503. The predicted octanol–water partition coefficient (Wildman–Crippen LogP) is 1.45. The second kappa shape index (κ2) is 8.02. The molecule has 1 aliphatic rings. The first kappa shape index (κ1) is 20.3. The fourth-order valence-electron chi connectivity index (χ4n) is 3.81. The molecule has 1 fully saturated rings. The molecular weight excluding hydrogens is 398 g/mol. The third-order valence-electron chi connectivity index (χ3n) is 5.22. The highest BCUT2D eigenvalue weighted by Gasteiger charge is 2.30. The van der Waals surface area contributed by atoms with Gasteiger partial charge in [-0.3, -0.25) is 29.1 Å². The minimum atomic E-state index is -0.802. The molecule has 1 atom stereocenters. The number of imide groups is 1. The van der Waals surface area contributed by atoms with Crippen LogP contribution in [0.3, 0.4) is 0 Å². The molecular formula is C22H21N5O4. The Bertz CT molecular complexity index is 1280. The number of nitrogens with two attached hydrogens (primary N) is 1. The average Bonchev–Trinajstić information content (AvgIpc) is 2.70. The van der Waals surface area contributed by atoms with Gasteiger partial charge in [0, 0.05) is 12.1 Å². The first-order chi connectivity index (χ1) is 14.8. The van der Waals surface area contributed by atoms with E-state index in [-0.39, 0.29) is 36.5 Å². The van der Waals surface area contributed by atoms with E-state index in [9.17, 15) is 19.2 Å². The number of rotatable bonds is 4. The highest BCUT2D eigenvalue weighted by atomic mass is 16.2. The number of nitrogens with one attached hydrogen (secondary N) is 2. The molecule has 9 nitrogen and oxygen atoms in total. The number of piperidine rings is 1. The summed E-state index contributed by atoms with van der Waals surface area (Å²) in [4.78, 5) is 53.9. The minimum absolute atomic E-state index is 0.119. The van der Waals surface area contributed by atoms with Crippen molar-refractivity contribution in [3.05, 3.63) is 64.2 Å². The Morgan fingerprint density at radius 1 is 1.23 bits per heavy atom. The van der Waals surface area contributed by atoms with E-state index in [1.54, 1.807) is 49.4 Å². The standard InChI is InChI=1S/C22H21N5O4/c1-12-24-20-15(22(31)27(12)17-8-9-18(28)26-21(17)30)6-3-7-16(20)25-19(29)11-13-4-2-5-14(23)10-13/h2-7,10,17H,8-9,11,23H2,1H3,(H,25,29)(H,26,28,30). The number of aryl methyl sites for hydroxylation is 1. The van der Waals surface area contributed by atoms with E-state index in [1.165, 1.54) is 4.57 Å². The summed E-state index contributed by atoms with van der Waals surface area (Å²) in [6, 6.07) is 11.2. The summed E-state index contributed by atoms with van der Waals surface area (Å²) in [7, 11) is 0. The number of para-hydroxylation sites is 1. The third-order valence-corrected chi connectivity index (χ3v) is 5.22. The molecule has 31 heavy (non-hydrogen) atoms. The first-order valence-electron chi connectivity index (χ1n) is 9.83. The summed E-state index contributed by atoms with van der Waals surface area (Å²) >= 11 is 0. The lowest BCUT2D eigenvalue weighted by molar-refractivity contribution is -0.135. The second-order valence-electron chi connectivity index (χ2n) is 7.47. The van der Waals surface area contributed by atoms with Crippen LogP contribution in [-0.2, 0) is 20.8 Å². The van der Waals surface area contributed by atoms with Gasteiger partial charge in [0.2, 0.25) is 17.7 Å². The Morgan fingerprint density at radius 3 is 2.74 bits per heavy atom. The molecule has 1 aliphatic heterocycles. The summed E-state index contributed by atoms with van der Waals surface area (Å²) in [5.74, 6) is -0.823. The molecule has 2 aromatic carbocycles. The molecule has 158 valence electrons. The van der Waals surface area contributed by atoms with E-state index >= 15 is 0 Å². The normalized spacial score (nSPS) is 16.2. The number of nitrogens with zero attached hydrogens (tertiary/aromatic N) is 2. The molecule has 0 radical (unpaired) electrons. The summed E-state index contributed by atoms with van der Waals surface area (Å²) in [5, 5.41) is 5.35. The topological polar surface area (TPSA) is 136 Å². The lowest BCUT2D eigenvalue weighted by Crippen LogP contribution is -2.45. The Balaban J connectivity index is 1.67. The van der Waals surface area contributed by atoms with Crippen LogP contribution in [0.4, 0.5) is 11.4 Å². The molecule has 2 heterocycles. The summed E-state index contributed by atoms with van der Waals surface area (Å²) in [6.45, 7) is 1.62. The maximum absolute atomic E-state index is 13.2. The van der Waals surface area contributed by atoms with Crippen LogP contribution in [0.1, 0.15) is 30.3 Å². The van der Waals surface area contributed by atoms with Crippen molar-refractivity contribution in [2.24, 2.45) is 0 Å². The molecule has 0 saturated carbocycles. The monoisotopic (exact) mass is 419 g/mol. The van der Waals surface area contributed by atoms with Crippen molar-refractivity contribution in [3.63, 3.8) is 0 Å². The molecule has 1 aromatic heterocycles. The quantitative estimate of drug-likeness (QED) is 0.432. The lowest BCUT2D eigenvalue weighted by Gasteiger charge is -2.24. The van der Waals surface area contributed by atoms with E-state index < -0.39 is 17.5 Å². The Hall–Kier alpha value is -4.01. The van der Waals surface area contributed by atoms with Crippen molar-refractivity contribution in [3.8, 4) is 0 Å². The van der Waals surface area contributed by atoms with Crippen molar-refractivity contribution in [2.45, 2.75) is 32.2 Å². The molecule has 4 N–H and O–H groups in total. The van der Waals surface area contributed by atoms with Crippen LogP contribution in [0.5, 0.6) is 0 Å². The molecule has 3 aromatic rings. The van der Waals surface area contributed by atoms with E-state index in [0.717, 1.165) is 5.56 Å². The Kier molecular flexibility index (Phi) is 5.24. The van der Waals surface area contributed by atoms with Gasteiger partial charge in [0.05, 0.1) is 17.5 Å². The number of fused-ring (bicyclic) bond motifs is 1. The van der Waals surface area contributed by atoms with Crippen LogP contribution in [0.25, 0.3) is 10.9 Å². The van der Waals surface area contributed by atoms with Crippen molar-refractivity contribution < 1.29 is 14.4 Å². The molecule has 0 spiro atoms. The van der Waals surface area contributed by atoms with Crippen LogP contribution in [0, 0.1) is 6.92 Å². The Morgan fingerprint density at radius 2 is 2.00 bits per heavy atom. The van der Waals surface area contributed by atoms with Crippen LogP contribution >= 0.6 is 0 Å². The molecule has 1 unspecified atom stereocenters. The van der Waals surface area contributed by atoms with Crippen molar-refractivity contribution >= 4 is 40.0 Å². The second-order valence-corrected chi connectivity index (χ2v) is 7.47. The third kappa shape index (κ3) is 4.02. The highest BCUT2D eigenvalue weighted by Crippen LogP contribution is 2.23. The number of amides is 3. The maximum atomic E-state index is 13.2. The predicted molar refractivity (Wildman–Crippen MR) is 115 cm³/mol. The largest absolute Gasteiger partial charge is 0.399 e. The maximum Gasteiger partial charge on any atom is 0.262 e. The first-order valence-corrected chi connectivity index (χ1v) is 9.83. The number of aromatic nitrogens is 2. The highest BCUT2D eigenvalue weighted by molar-refractivity contribution is 6.01. The smallest absolute Gasteiger partial charge is 0.262 e. The fourth-order valence-corrected chi connectivity index (χ4v) is 3.81. The molecule has 1 saturated heterocycles. The zero-order valence-corrected chi connectivity index (χ0v) is 16.8. The van der Waals surface area contributed by atoms with Gasteiger partial charge in [-0.05, 0) is 43.2 Å². The number of carbonyl (C=O) groups excluding carboxylic acids is 3. The van der Waals surface area contributed by atoms with Gasteiger partial charge in [0.15, 0.2) is 0 Å². The average molecular weight is 419 g/mol. The van der Waals surface area contributed by atoms with Gasteiger partial charge in [0.25, 0.3) is 5.56 Å². The minimum Gasteiger partial charge on any atom is -0.399 e. The SMILES string of the molecule is Cc1nc2c(NC(=O)Cc3cccc(N)c3)cccc2c(=O)n1C1CCC(=O)NC1=O. The van der Waals surface area contributed by atoms with Crippen LogP contribution < -0.4 is 21.9 Å². The fraction of sp³-hybridized carbons (Fsp3) is 0.227. The van der Waals surface area contributed by atoms with E-state index in [2.05, 4.69) is 15.6 Å². The van der Waals surface area contributed by atoms with E-state index in [0.29, 0.717) is 22.7 Å². The molecule has 0 bridgehead atoms. The number of benzene rings is 2. The van der Waals surface area contributed by atoms with Gasteiger partial charge >= 0.3 is 0 Å². The number of anilines is 2. The van der Waals surface area contributed by atoms with Crippen LogP contribution in [0.15, 0.2) is 47.3 Å². The van der Waals surface area contributed by atoms with Crippen molar-refractivity contribution in [2.75, 3.05) is 11.1 Å². The van der Waals surface area contributed by atoms with Crippen molar-refractivity contribution in [1.82, 2.24) is 14.9 Å². The number of carbonyl (C=O) groups is 3. The molecule has 3 amide bonds. The summed E-state index contributed by atoms with van der Waals surface area (Å²) in [5.41, 5.74) is 7.45. The van der Waals surface area contributed by atoms with Gasteiger partial charge in [-0.2, -0.15) is 0 Å². The van der Waals surface area contributed by atoms with Crippen molar-refractivity contribution in [1.29, 1.82) is 0 Å². The number of nitrogen functional groups attached to an aromatic ring is 1. The van der Waals surface area contributed by atoms with Crippen LogP contribution in [0.2, 0.25) is 0 Å². The van der Waals surface area contributed by atoms with Gasteiger partial charge < -0.3 is 11.1 Å². The van der Waals surface area contributed by atoms with Gasteiger partial charge in [-0.1, -0.05) is 18.2 Å². The molecule has 0 aliphatic carbocycles. The molecule has 9 heteroatoms. The summed E-state index contributed by atoms with van der Waals surface area (Å²) < 4.78 is 1.31. The zero-order chi connectivity index (χ0) is 22.1. The van der Waals surface area contributed by atoms with Crippen LogP contribution in [-0.4, -0.2) is 27.3 Å². The zero-order valence-electron chi connectivity index (χ0n) is 16.8. The van der Waals surface area contributed by atoms with Gasteiger partial charge in [0.1, 0.15) is 17.4 Å². The van der Waals surface area contributed by atoms with E-state index in [4.69, 9.17) is 5.73 Å². The lowest BCUT2D eigenvalue weighted by atomic mass is 10.1. The number of hydrogen-bond acceptors (Lipinski definition) is 6. The molecule has 4 rings (SSSR count). The van der Waals surface area contributed by atoms with E-state index in [1.807, 2.05) is 0 Å². The Labute approximate surface area is 177 Å². The van der Waals surface area contributed by atoms with Gasteiger partial charge in [-0.15, -0.1) is 0 Å². The number of hydrogen-bond donors (Lipinski definition) is 3.